The molecule has 120 valence electrons. The first-order chi connectivity index (χ1) is 11.5. The van der Waals surface area contributed by atoms with Crippen molar-refractivity contribution in [2.75, 3.05) is 4.90 Å². The average Bonchev–Trinajstić information content (AvgIpc) is 2.83. The van der Waals surface area contributed by atoms with E-state index in [1.807, 2.05) is 30.3 Å². The second-order valence-electron chi connectivity index (χ2n) is 4.97. The summed E-state index contributed by atoms with van der Waals surface area (Å²) in [6, 6.07) is 15.3. The number of carbonyl (C=O) groups excluding carboxylic acids is 2. The maximum absolute atomic E-state index is 12.5. The number of halogens is 1. The second kappa shape index (κ2) is 6.95. The molecule has 2 aromatic rings. The van der Waals surface area contributed by atoms with E-state index in [0.717, 1.165) is 22.2 Å². The Labute approximate surface area is 148 Å². The van der Waals surface area contributed by atoms with Crippen LogP contribution in [0, 0.1) is 0 Å². The maximum Gasteiger partial charge on any atom is 0.298 e. The van der Waals surface area contributed by atoms with Crippen LogP contribution in [0.25, 0.3) is 6.08 Å². The molecule has 1 aliphatic heterocycles. The maximum atomic E-state index is 12.5. The number of hydrogen-bond donors (Lipinski definition) is 1. The number of nitrogens with zero attached hydrogens (tertiary/aromatic N) is 1. The van der Waals surface area contributed by atoms with Gasteiger partial charge in [0.05, 0.1) is 10.6 Å². The van der Waals surface area contributed by atoms with E-state index in [-0.39, 0.29) is 10.7 Å². The van der Waals surface area contributed by atoms with E-state index in [1.54, 1.807) is 6.08 Å². The van der Waals surface area contributed by atoms with Crippen LogP contribution in [0.5, 0.6) is 5.75 Å². The minimum absolute atomic E-state index is 0.0649. The topological polar surface area (TPSA) is 57.6 Å². The molecule has 0 radical (unpaired) electrons. The molecule has 3 rings (SSSR count). The van der Waals surface area contributed by atoms with Crippen LogP contribution in [0.4, 0.5) is 10.5 Å². The highest BCUT2D eigenvalue weighted by Gasteiger charge is 2.36. The van der Waals surface area contributed by atoms with Crippen LogP contribution in [-0.2, 0) is 4.79 Å². The van der Waals surface area contributed by atoms with Gasteiger partial charge in [0.15, 0.2) is 0 Å². The lowest BCUT2D eigenvalue weighted by atomic mass is 10.2. The Balaban J connectivity index is 1.85. The fraction of sp³-hybridized carbons (Fsp3) is 0. The first kappa shape index (κ1) is 16.4. The molecule has 0 unspecified atom stereocenters. The summed E-state index contributed by atoms with van der Waals surface area (Å²) >= 11 is 7.01. The molecule has 2 amide bonds. The van der Waals surface area contributed by atoms with Gasteiger partial charge >= 0.3 is 0 Å². The number of carbonyl (C=O) groups is 2. The van der Waals surface area contributed by atoms with Gasteiger partial charge in [-0.05, 0) is 53.7 Å². The summed E-state index contributed by atoms with van der Waals surface area (Å²) < 4.78 is 0. The third-order valence-electron chi connectivity index (χ3n) is 3.27. The largest absolute Gasteiger partial charge is 0.508 e. The molecule has 1 aliphatic rings. The first-order valence-corrected chi connectivity index (χ1v) is 8.23. The van der Waals surface area contributed by atoms with E-state index < -0.39 is 11.1 Å². The number of phenols is 1. The number of imide groups is 1. The Morgan fingerprint density at radius 3 is 2.38 bits per heavy atom. The zero-order chi connectivity index (χ0) is 17.1. The van der Waals surface area contributed by atoms with Crippen LogP contribution >= 0.6 is 23.4 Å². The van der Waals surface area contributed by atoms with Gasteiger partial charge in [-0.25, -0.2) is 4.90 Å². The van der Waals surface area contributed by atoms with Gasteiger partial charge in [0, 0.05) is 5.03 Å². The van der Waals surface area contributed by atoms with Gasteiger partial charge < -0.3 is 5.11 Å². The van der Waals surface area contributed by atoms with Gasteiger partial charge in [0.1, 0.15) is 5.75 Å². The van der Waals surface area contributed by atoms with Crippen molar-refractivity contribution in [1.82, 2.24) is 0 Å². The van der Waals surface area contributed by atoms with Crippen molar-refractivity contribution in [3.8, 4) is 5.75 Å². The van der Waals surface area contributed by atoms with E-state index in [0.29, 0.717) is 10.7 Å². The highest BCUT2D eigenvalue weighted by atomic mass is 35.5. The molecule has 1 fully saturated rings. The number of benzene rings is 2. The highest BCUT2D eigenvalue weighted by Crippen LogP contribution is 2.36. The molecule has 1 heterocycles. The number of phenolic OH excluding ortho intramolecular Hbond substituents is 1. The SMILES string of the molecule is O=C1S/C(=C\C(Cl)=C\c2ccccc2)C(=O)N1c1ccc(O)cc1. The second-order valence-corrected chi connectivity index (χ2v) is 6.40. The Hall–Kier alpha value is -2.50. The molecule has 4 nitrogen and oxygen atoms in total. The smallest absolute Gasteiger partial charge is 0.298 e. The van der Waals surface area contributed by atoms with Gasteiger partial charge in [-0.2, -0.15) is 0 Å². The molecule has 0 aliphatic carbocycles. The number of amides is 2. The summed E-state index contributed by atoms with van der Waals surface area (Å²) in [5.74, 6) is -0.370. The van der Waals surface area contributed by atoms with Crippen molar-refractivity contribution in [1.29, 1.82) is 0 Å². The lowest BCUT2D eigenvalue weighted by molar-refractivity contribution is -0.113. The van der Waals surface area contributed by atoms with Crippen molar-refractivity contribution in [3.63, 3.8) is 0 Å². The summed E-state index contributed by atoms with van der Waals surface area (Å²) in [4.78, 5) is 25.9. The van der Waals surface area contributed by atoms with Crippen LogP contribution in [0.3, 0.4) is 0 Å². The molecule has 24 heavy (non-hydrogen) atoms. The predicted molar refractivity (Wildman–Crippen MR) is 96.9 cm³/mol. The number of hydrogen-bond acceptors (Lipinski definition) is 4. The Morgan fingerprint density at radius 2 is 1.71 bits per heavy atom. The summed E-state index contributed by atoms with van der Waals surface area (Å²) in [6.07, 6.45) is 3.20. The summed E-state index contributed by atoms with van der Waals surface area (Å²) in [7, 11) is 0. The van der Waals surface area contributed by atoms with Crippen LogP contribution < -0.4 is 4.90 Å². The van der Waals surface area contributed by atoms with Crippen molar-refractivity contribution in [2.45, 2.75) is 0 Å². The van der Waals surface area contributed by atoms with Gasteiger partial charge in [-0.1, -0.05) is 41.9 Å². The van der Waals surface area contributed by atoms with Crippen LogP contribution in [0.1, 0.15) is 5.56 Å². The van der Waals surface area contributed by atoms with Crippen LogP contribution in [0.2, 0.25) is 0 Å². The summed E-state index contributed by atoms with van der Waals surface area (Å²) in [6.45, 7) is 0. The standard InChI is InChI=1S/C18H12ClNO3S/c19-13(10-12-4-2-1-3-5-12)11-16-17(22)20(18(23)24-16)14-6-8-15(21)9-7-14/h1-11,21H/b13-10-,16-11-. The van der Waals surface area contributed by atoms with Crippen LogP contribution in [0.15, 0.2) is 70.6 Å². The first-order valence-electron chi connectivity index (χ1n) is 7.04. The number of thioether (sulfide) groups is 1. The minimum Gasteiger partial charge on any atom is -0.508 e. The quantitative estimate of drug-likeness (QED) is 0.805. The molecule has 1 saturated heterocycles. The molecule has 0 spiro atoms. The predicted octanol–water partition coefficient (Wildman–Crippen LogP) is 4.76. The molecular formula is C18H12ClNO3S. The lowest BCUT2D eigenvalue weighted by Crippen LogP contribution is -2.27. The van der Waals surface area contributed by atoms with Crippen LogP contribution in [-0.4, -0.2) is 16.3 Å². The molecule has 1 N–H and O–H groups in total. The Bertz CT molecular complexity index is 844. The van der Waals surface area contributed by atoms with Gasteiger partial charge in [0.2, 0.25) is 0 Å². The molecular weight excluding hydrogens is 346 g/mol. The molecule has 0 bridgehead atoms. The Morgan fingerprint density at radius 1 is 1.04 bits per heavy atom. The van der Waals surface area contributed by atoms with E-state index in [2.05, 4.69) is 0 Å². The fourth-order valence-electron chi connectivity index (χ4n) is 2.17. The van der Waals surface area contributed by atoms with E-state index in [4.69, 9.17) is 11.6 Å². The zero-order valence-corrected chi connectivity index (χ0v) is 13.9. The van der Waals surface area contributed by atoms with Crippen molar-refractivity contribution in [3.05, 3.63) is 76.2 Å². The number of rotatable bonds is 3. The number of allylic oxidation sites excluding steroid dienone is 2. The van der Waals surface area contributed by atoms with E-state index >= 15 is 0 Å². The van der Waals surface area contributed by atoms with Crippen molar-refractivity contribution in [2.24, 2.45) is 0 Å². The average molecular weight is 358 g/mol. The Kier molecular flexibility index (Phi) is 4.74. The molecule has 0 aromatic heterocycles. The molecule has 0 atom stereocenters. The number of aromatic hydroxyl groups is 1. The third kappa shape index (κ3) is 3.53. The van der Waals surface area contributed by atoms with Gasteiger partial charge in [-0.3, -0.25) is 9.59 Å². The van der Waals surface area contributed by atoms with E-state index in [1.165, 1.54) is 30.3 Å². The fourth-order valence-corrected chi connectivity index (χ4v) is 3.30. The monoisotopic (exact) mass is 357 g/mol. The lowest BCUT2D eigenvalue weighted by Gasteiger charge is -2.12. The minimum atomic E-state index is -0.435. The molecule has 2 aromatic carbocycles. The number of anilines is 1. The summed E-state index contributed by atoms with van der Waals surface area (Å²) in [5.41, 5.74) is 1.30. The van der Waals surface area contributed by atoms with Crippen molar-refractivity contribution < 1.29 is 14.7 Å². The van der Waals surface area contributed by atoms with Gasteiger partial charge in [-0.15, -0.1) is 0 Å². The molecule has 0 saturated carbocycles. The van der Waals surface area contributed by atoms with Crippen molar-refractivity contribution >= 4 is 46.3 Å². The third-order valence-corrected chi connectivity index (χ3v) is 4.36. The highest BCUT2D eigenvalue weighted by molar-refractivity contribution is 8.18. The zero-order valence-electron chi connectivity index (χ0n) is 12.3. The van der Waals surface area contributed by atoms with Gasteiger partial charge in [0.25, 0.3) is 11.1 Å². The summed E-state index contributed by atoms with van der Waals surface area (Å²) in [5, 5.41) is 9.27. The molecule has 6 heteroatoms. The normalized spacial score (nSPS) is 17.0. The van der Waals surface area contributed by atoms with E-state index in [9.17, 15) is 14.7 Å².